The minimum absolute atomic E-state index is 0.242. The maximum absolute atomic E-state index is 11.9. The van der Waals surface area contributed by atoms with Gasteiger partial charge in [0.05, 0.1) is 0 Å². The molecule has 3 heteroatoms. The largest absolute Gasteiger partial charge is 0.425 e. The maximum atomic E-state index is 11.9. The highest BCUT2D eigenvalue weighted by Crippen LogP contribution is 2.40. The maximum Gasteiger partial charge on any atom is 0.323 e. The predicted octanol–water partition coefficient (Wildman–Crippen LogP) is 3.39. The number of carbonyl (C=O) groups excluding carboxylic acids is 1. The van der Waals surface area contributed by atoms with Crippen LogP contribution < -0.4 is 4.74 Å². The van der Waals surface area contributed by atoms with Crippen molar-refractivity contribution >= 4 is 17.6 Å². The van der Waals surface area contributed by atoms with Gasteiger partial charge in [-0.2, -0.15) is 0 Å². The Morgan fingerprint density at radius 3 is 2.59 bits per heavy atom. The van der Waals surface area contributed by atoms with E-state index in [9.17, 15) is 4.79 Å². The normalized spacial score (nSPS) is 17.7. The summed E-state index contributed by atoms with van der Waals surface area (Å²) in [5, 5.41) is 0.614. The van der Waals surface area contributed by atoms with E-state index in [1.165, 1.54) is 0 Å². The van der Waals surface area contributed by atoms with Crippen LogP contribution in [0.4, 0.5) is 0 Å². The fraction of sp³-hybridized carbons (Fsp3) is 0.0714. The molecule has 3 rings (SSSR count). The van der Waals surface area contributed by atoms with E-state index in [0.717, 1.165) is 11.1 Å². The molecule has 2 aromatic rings. The Bertz CT molecular complexity index is 578. The van der Waals surface area contributed by atoms with Crippen LogP contribution in [0.1, 0.15) is 17.0 Å². The summed E-state index contributed by atoms with van der Waals surface area (Å²) in [6.07, 6.45) is 0. The Labute approximate surface area is 104 Å². The number of hydrogen-bond donors (Lipinski definition) is 0. The monoisotopic (exact) mass is 244 g/mol. The molecule has 1 heterocycles. The number of rotatable bonds is 1. The highest BCUT2D eigenvalue weighted by molar-refractivity contribution is 6.30. The average molecular weight is 245 g/mol. The van der Waals surface area contributed by atoms with Gasteiger partial charge in [-0.05, 0) is 23.8 Å². The van der Waals surface area contributed by atoms with Gasteiger partial charge in [0.1, 0.15) is 11.7 Å². The molecule has 0 bridgehead atoms. The summed E-state index contributed by atoms with van der Waals surface area (Å²) in [7, 11) is 0. The number of benzene rings is 2. The van der Waals surface area contributed by atoms with E-state index in [2.05, 4.69) is 0 Å². The van der Waals surface area contributed by atoms with Crippen molar-refractivity contribution in [3.05, 3.63) is 64.7 Å². The second-order valence-electron chi connectivity index (χ2n) is 3.95. The van der Waals surface area contributed by atoms with Gasteiger partial charge in [-0.15, -0.1) is 0 Å². The van der Waals surface area contributed by atoms with E-state index in [-0.39, 0.29) is 11.9 Å². The zero-order chi connectivity index (χ0) is 11.8. The van der Waals surface area contributed by atoms with Crippen molar-refractivity contribution in [1.29, 1.82) is 0 Å². The van der Waals surface area contributed by atoms with E-state index < -0.39 is 0 Å². The molecule has 0 saturated carbocycles. The Morgan fingerprint density at radius 1 is 1.06 bits per heavy atom. The zero-order valence-electron chi connectivity index (χ0n) is 8.89. The van der Waals surface area contributed by atoms with Crippen LogP contribution in [-0.4, -0.2) is 5.97 Å². The molecule has 0 fully saturated rings. The molecular weight excluding hydrogens is 236 g/mol. The molecule has 1 atom stereocenters. The highest BCUT2D eigenvalue weighted by Gasteiger charge is 2.34. The van der Waals surface area contributed by atoms with Crippen molar-refractivity contribution in [1.82, 2.24) is 0 Å². The van der Waals surface area contributed by atoms with Crippen molar-refractivity contribution in [3.63, 3.8) is 0 Å². The molecule has 0 saturated heterocycles. The molecule has 0 N–H and O–H groups in total. The van der Waals surface area contributed by atoms with E-state index in [1.807, 2.05) is 30.3 Å². The van der Waals surface area contributed by atoms with Gasteiger partial charge >= 0.3 is 5.97 Å². The second kappa shape index (κ2) is 3.90. The predicted molar refractivity (Wildman–Crippen MR) is 65.4 cm³/mol. The average Bonchev–Trinajstić information content (AvgIpc) is 2.65. The third-order valence-electron chi connectivity index (χ3n) is 2.86. The third kappa shape index (κ3) is 1.71. The first-order chi connectivity index (χ1) is 8.25. The van der Waals surface area contributed by atoms with Gasteiger partial charge in [0.2, 0.25) is 0 Å². The first-order valence-corrected chi connectivity index (χ1v) is 5.69. The molecule has 0 aliphatic carbocycles. The van der Waals surface area contributed by atoms with Crippen LogP contribution in [0.3, 0.4) is 0 Å². The molecular formula is C14H9ClO2. The molecule has 2 aromatic carbocycles. The van der Waals surface area contributed by atoms with Crippen LogP contribution in [0.2, 0.25) is 5.02 Å². The fourth-order valence-corrected chi connectivity index (χ4v) is 2.27. The number of ether oxygens (including phenoxy) is 1. The summed E-state index contributed by atoms with van der Waals surface area (Å²) in [4.78, 5) is 11.9. The summed E-state index contributed by atoms with van der Waals surface area (Å²) in [6, 6.07) is 14.8. The van der Waals surface area contributed by atoms with Crippen LogP contribution in [0.15, 0.2) is 48.5 Å². The van der Waals surface area contributed by atoms with E-state index >= 15 is 0 Å². The Hall–Kier alpha value is -1.80. The van der Waals surface area contributed by atoms with Crippen LogP contribution in [0.25, 0.3) is 0 Å². The Kier molecular flexibility index (Phi) is 2.37. The molecule has 0 spiro atoms. The zero-order valence-corrected chi connectivity index (χ0v) is 9.65. The summed E-state index contributed by atoms with van der Waals surface area (Å²) in [5.74, 6) is 0.00613. The third-order valence-corrected chi connectivity index (χ3v) is 3.10. The van der Waals surface area contributed by atoms with E-state index in [4.69, 9.17) is 16.3 Å². The van der Waals surface area contributed by atoms with E-state index in [1.54, 1.807) is 18.2 Å². The lowest BCUT2D eigenvalue weighted by atomic mass is 9.93. The Balaban J connectivity index is 2.14. The number of fused-ring (bicyclic) bond motifs is 1. The first-order valence-electron chi connectivity index (χ1n) is 5.32. The first kappa shape index (κ1) is 10.4. The molecule has 1 aliphatic heterocycles. The molecule has 2 nitrogen and oxygen atoms in total. The van der Waals surface area contributed by atoms with Crippen LogP contribution in [-0.2, 0) is 4.79 Å². The molecule has 0 amide bonds. The summed E-state index contributed by atoms with van der Waals surface area (Å²) >= 11 is 5.96. The van der Waals surface area contributed by atoms with Crippen molar-refractivity contribution < 1.29 is 9.53 Å². The smallest absolute Gasteiger partial charge is 0.323 e. The van der Waals surface area contributed by atoms with Crippen LogP contribution >= 0.6 is 11.6 Å². The van der Waals surface area contributed by atoms with Gasteiger partial charge in [0.15, 0.2) is 0 Å². The molecule has 84 valence electrons. The minimum Gasteiger partial charge on any atom is -0.425 e. The van der Waals surface area contributed by atoms with Crippen molar-refractivity contribution in [2.75, 3.05) is 0 Å². The lowest BCUT2D eigenvalue weighted by molar-refractivity contribution is -0.133. The lowest BCUT2D eigenvalue weighted by Crippen LogP contribution is -2.11. The number of halogens is 1. The van der Waals surface area contributed by atoms with Crippen LogP contribution in [0.5, 0.6) is 5.75 Å². The van der Waals surface area contributed by atoms with Crippen LogP contribution in [0, 0.1) is 0 Å². The molecule has 0 aromatic heterocycles. The quantitative estimate of drug-likeness (QED) is 0.568. The summed E-state index contributed by atoms with van der Waals surface area (Å²) < 4.78 is 5.23. The molecule has 1 aliphatic rings. The molecule has 0 radical (unpaired) electrons. The van der Waals surface area contributed by atoms with Crippen molar-refractivity contribution in [2.24, 2.45) is 0 Å². The second-order valence-corrected chi connectivity index (χ2v) is 4.38. The van der Waals surface area contributed by atoms with Gasteiger partial charge in [0.25, 0.3) is 0 Å². The minimum atomic E-state index is -0.357. The van der Waals surface area contributed by atoms with E-state index in [0.29, 0.717) is 10.8 Å². The lowest BCUT2D eigenvalue weighted by Gasteiger charge is -2.07. The van der Waals surface area contributed by atoms with Crippen molar-refractivity contribution in [2.45, 2.75) is 5.92 Å². The SMILES string of the molecule is O=C1Oc2ccc(Cl)cc2[C@@H]1c1ccccc1. The topological polar surface area (TPSA) is 26.3 Å². The van der Waals surface area contributed by atoms with Gasteiger partial charge in [0, 0.05) is 10.6 Å². The summed E-state index contributed by atoms with van der Waals surface area (Å²) in [6.45, 7) is 0. The number of carbonyl (C=O) groups is 1. The Morgan fingerprint density at radius 2 is 1.82 bits per heavy atom. The van der Waals surface area contributed by atoms with Gasteiger partial charge in [-0.1, -0.05) is 41.9 Å². The van der Waals surface area contributed by atoms with Gasteiger partial charge < -0.3 is 4.74 Å². The van der Waals surface area contributed by atoms with Crippen molar-refractivity contribution in [3.8, 4) is 5.75 Å². The number of esters is 1. The summed E-state index contributed by atoms with van der Waals surface area (Å²) in [5.41, 5.74) is 1.77. The van der Waals surface area contributed by atoms with Gasteiger partial charge in [-0.3, -0.25) is 4.79 Å². The number of hydrogen-bond acceptors (Lipinski definition) is 2. The van der Waals surface area contributed by atoms with Gasteiger partial charge in [-0.25, -0.2) is 0 Å². The fourth-order valence-electron chi connectivity index (χ4n) is 2.09. The highest BCUT2D eigenvalue weighted by atomic mass is 35.5. The standard InChI is InChI=1S/C14H9ClO2/c15-10-6-7-12-11(8-10)13(14(16)17-12)9-4-2-1-3-5-9/h1-8,13H/t13-/m0/s1. The molecule has 0 unspecified atom stereocenters. The molecule has 17 heavy (non-hydrogen) atoms.